The van der Waals surface area contributed by atoms with Crippen molar-refractivity contribution in [3.63, 3.8) is 0 Å². The van der Waals surface area contributed by atoms with E-state index in [0.717, 1.165) is 17.6 Å². The Kier molecular flexibility index (Phi) is 4.90. The Bertz CT molecular complexity index is 759. The van der Waals surface area contributed by atoms with Crippen LogP contribution in [0.15, 0.2) is 51.5 Å². The van der Waals surface area contributed by atoms with Crippen LogP contribution >= 0.6 is 0 Å². The normalized spacial score (nSPS) is 23.2. The van der Waals surface area contributed by atoms with Crippen LogP contribution in [0.25, 0.3) is 0 Å². The van der Waals surface area contributed by atoms with Crippen LogP contribution < -0.4 is 0 Å². The van der Waals surface area contributed by atoms with E-state index in [2.05, 4.69) is 42.0 Å². The summed E-state index contributed by atoms with van der Waals surface area (Å²) in [5.74, 6) is -0.214. The Morgan fingerprint density at radius 3 is 2.39 bits per heavy atom. The van der Waals surface area contributed by atoms with Crippen LogP contribution in [0.1, 0.15) is 30.5 Å². The lowest BCUT2D eigenvalue weighted by Crippen LogP contribution is -2.32. The van der Waals surface area contributed by atoms with Gasteiger partial charge in [-0.15, -0.1) is 0 Å². The summed E-state index contributed by atoms with van der Waals surface area (Å²) >= 11 is 0. The van der Waals surface area contributed by atoms with Crippen LogP contribution in [0.2, 0.25) is 0 Å². The zero-order valence-electron chi connectivity index (χ0n) is 13.9. The first-order valence-corrected chi connectivity index (χ1v) is 7.56. The number of rotatable bonds is 4. The number of aryl methyl sites for hydroxylation is 2. The molecule has 0 radical (unpaired) electrons. The van der Waals surface area contributed by atoms with Crippen molar-refractivity contribution in [2.75, 3.05) is 0 Å². The molecule has 1 aromatic rings. The van der Waals surface area contributed by atoms with E-state index < -0.39 is 5.66 Å². The number of hydrogen-bond donors (Lipinski definition) is 0. The third-order valence-electron chi connectivity index (χ3n) is 4.39. The van der Waals surface area contributed by atoms with Crippen LogP contribution in [0.3, 0.4) is 0 Å². The molecule has 0 bridgehead atoms. The molecule has 118 valence electrons. The van der Waals surface area contributed by atoms with Crippen LogP contribution in [0, 0.1) is 19.8 Å². The zero-order chi connectivity index (χ0) is 17.0. The fourth-order valence-electron chi connectivity index (χ4n) is 2.93. The third-order valence-corrected chi connectivity index (χ3v) is 4.39. The van der Waals surface area contributed by atoms with E-state index >= 15 is 0 Å². The van der Waals surface area contributed by atoms with Gasteiger partial charge in [-0.25, -0.2) is 9.59 Å². The monoisotopic (exact) mass is 308 g/mol. The first-order chi connectivity index (χ1) is 10.9. The summed E-state index contributed by atoms with van der Waals surface area (Å²) in [7, 11) is 0. The SMILES string of the molecule is CC1=CC(N=C=O)(N=C=O)C(C)C=C1Cc1cc(C)ccc1C. The maximum atomic E-state index is 10.7. The predicted molar refractivity (Wildman–Crippen MR) is 89.6 cm³/mol. The largest absolute Gasteiger partial charge is 0.237 e. The zero-order valence-corrected chi connectivity index (χ0v) is 13.9. The Morgan fingerprint density at radius 1 is 1.13 bits per heavy atom. The maximum absolute atomic E-state index is 10.7. The van der Waals surface area contributed by atoms with Crippen molar-refractivity contribution in [1.29, 1.82) is 0 Å². The summed E-state index contributed by atoms with van der Waals surface area (Å²) in [5.41, 5.74) is 4.64. The van der Waals surface area contributed by atoms with Crippen LogP contribution in [-0.2, 0) is 16.0 Å². The lowest BCUT2D eigenvalue weighted by Gasteiger charge is -2.30. The molecule has 0 fully saturated rings. The molecule has 1 aliphatic carbocycles. The molecular formula is C19H20N2O2. The first kappa shape index (κ1) is 16.8. The maximum Gasteiger partial charge on any atom is 0.237 e. The van der Waals surface area contributed by atoms with Gasteiger partial charge in [0.15, 0.2) is 5.66 Å². The smallest absolute Gasteiger partial charge is 0.211 e. The molecule has 2 rings (SSSR count). The summed E-state index contributed by atoms with van der Waals surface area (Å²) in [6.07, 6.45) is 7.63. The molecule has 1 unspecified atom stereocenters. The van der Waals surface area contributed by atoms with Crippen molar-refractivity contribution in [3.05, 3.63) is 58.2 Å². The molecule has 1 atom stereocenters. The van der Waals surface area contributed by atoms with Gasteiger partial charge >= 0.3 is 0 Å². The van der Waals surface area contributed by atoms with Crippen molar-refractivity contribution in [2.45, 2.75) is 39.8 Å². The number of aliphatic imine (C=N–C) groups is 2. The Morgan fingerprint density at radius 2 is 1.78 bits per heavy atom. The Labute approximate surface area is 136 Å². The Balaban J connectivity index is 2.40. The van der Waals surface area contributed by atoms with Gasteiger partial charge in [0, 0.05) is 5.92 Å². The number of allylic oxidation sites excluding steroid dienone is 2. The van der Waals surface area contributed by atoms with Crippen LogP contribution in [0.5, 0.6) is 0 Å². The van der Waals surface area contributed by atoms with Crippen LogP contribution in [-0.4, -0.2) is 17.8 Å². The standard InChI is InChI=1S/C19H20N2O2/c1-13-5-6-14(2)17(7-13)9-18-8-16(4)19(20-11-22,21-12-23)10-15(18)3/h5-8,10,16H,9H2,1-4H3. The summed E-state index contributed by atoms with van der Waals surface area (Å²) in [5, 5.41) is 0. The number of isocyanates is 2. The molecule has 23 heavy (non-hydrogen) atoms. The molecule has 0 saturated carbocycles. The van der Waals surface area contributed by atoms with Gasteiger partial charge < -0.3 is 0 Å². The van der Waals surface area contributed by atoms with Gasteiger partial charge in [0.2, 0.25) is 12.2 Å². The molecule has 4 heteroatoms. The van der Waals surface area contributed by atoms with E-state index in [-0.39, 0.29) is 5.92 Å². The average Bonchev–Trinajstić information content (AvgIpc) is 2.49. The van der Waals surface area contributed by atoms with Gasteiger partial charge in [-0.2, -0.15) is 9.98 Å². The fourth-order valence-corrected chi connectivity index (χ4v) is 2.93. The van der Waals surface area contributed by atoms with E-state index in [1.54, 1.807) is 6.08 Å². The van der Waals surface area contributed by atoms with Gasteiger partial charge in [0.1, 0.15) is 0 Å². The molecule has 1 aliphatic rings. The topological polar surface area (TPSA) is 58.9 Å². The van der Waals surface area contributed by atoms with Gasteiger partial charge in [-0.1, -0.05) is 36.8 Å². The lowest BCUT2D eigenvalue weighted by molar-refractivity contribution is 0.422. The molecule has 0 aromatic heterocycles. The van der Waals surface area contributed by atoms with Gasteiger partial charge in [-0.05, 0) is 55.5 Å². The second kappa shape index (κ2) is 6.70. The average molecular weight is 308 g/mol. The number of benzene rings is 1. The molecule has 0 spiro atoms. The quantitative estimate of drug-likeness (QED) is 0.628. The fraction of sp³-hybridized carbons (Fsp3) is 0.368. The van der Waals surface area contributed by atoms with E-state index in [0.29, 0.717) is 0 Å². The van der Waals surface area contributed by atoms with Crippen LogP contribution in [0.4, 0.5) is 0 Å². The summed E-state index contributed by atoms with van der Waals surface area (Å²) in [4.78, 5) is 29.0. The van der Waals surface area contributed by atoms with Crippen molar-refractivity contribution in [2.24, 2.45) is 15.9 Å². The predicted octanol–water partition coefficient (Wildman–Crippen LogP) is 3.74. The third kappa shape index (κ3) is 3.45. The minimum Gasteiger partial charge on any atom is -0.211 e. The number of carbonyl (C=O) groups excluding carboxylic acids is 2. The van der Waals surface area contributed by atoms with Gasteiger partial charge in [0.25, 0.3) is 0 Å². The molecule has 4 nitrogen and oxygen atoms in total. The first-order valence-electron chi connectivity index (χ1n) is 7.56. The molecule has 0 heterocycles. The van der Waals surface area contributed by atoms with Crippen molar-refractivity contribution >= 4 is 12.2 Å². The van der Waals surface area contributed by atoms with Crippen molar-refractivity contribution < 1.29 is 9.59 Å². The summed E-state index contributed by atoms with van der Waals surface area (Å²) in [6.45, 7) is 8.00. The van der Waals surface area contributed by atoms with Gasteiger partial charge in [-0.3, -0.25) is 0 Å². The number of nitrogens with zero attached hydrogens (tertiary/aromatic N) is 2. The lowest BCUT2D eigenvalue weighted by atomic mass is 9.81. The molecule has 1 aromatic carbocycles. The molecule has 0 saturated heterocycles. The minimum absolute atomic E-state index is 0.214. The highest BCUT2D eigenvalue weighted by molar-refractivity contribution is 5.49. The van der Waals surface area contributed by atoms with Gasteiger partial charge in [0.05, 0.1) is 0 Å². The highest BCUT2D eigenvalue weighted by atomic mass is 16.1. The van der Waals surface area contributed by atoms with E-state index in [1.165, 1.54) is 28.9 Å². The second-order valence-corrected chi connectivity index (χ2v) is 6.10. The van der Waals surface area contributed by atoms with E-state index in [1.807, 2.05) is 19.9 Å². The molecule has 0 amide bonds. The molecular weight excluding hydrogens is 288 g/mol. The minimum atomic E-state index is -1.21. The molecule has 0 aliphatic heterocycles. The van der Waals surface area contributed by atoms with E-state index in [9.17, 15) is 9.59 Å². The van der Waals surface area contributed by atoms with Crippen molar-refractivity contribution in [3.8, 4) is 0 Å². The number of hydrogen-bond acceptors (Lipinski definition) is 4. The highest BCUT2D eigenvalue weighted by Gasteiger charge is 2.36. The summed E-state index contributed by atoms with van der Waals surface area (Å²) < 4.78 is 0. The second-order valence-electron chi connectivity index (χ2n) is 6.10. The highest BCUT2D eigenvalue weighted by Crippen LogP contribution is 2.36. The summed E-state index contributed by atoms with van der Waals surface area (Å²) in [6, 6.07) is 6.40. The Hall–Kier alpha value is -2.54. The van der Waals surface area contributed by atoms with E-state index in [4.69, 9.17) is 0 Å². The molecule has 0 N–H and O–H groups in total. The van der Waals surface area contributed by atoms with Crippen molar-refractivity contribution in [1.82, 2.24) is 0 Å².